The molecule has 1 aromatic heterocycles. The van der Waals surface area contributed by atoms with Crippen molar-refractivity contribution in [2.24, 2.45) is 0 Å². The summed E-state index contributed by atoms with van der Waals surface area (Å²) in [5.41, 5.74) is 6.06. The fourth-order valence-corrected chi connectivity index (χ4v) is 2.16. The molecule has 2 rings (SSSR count). The van der Waals surface area contributed by atoms with Gasteiger partial charge in [0.25, 0.3) is 0 Å². The van der Waals surface area contributed by atoms with Gasteiger partial charge in [0, 0.05) is 11.0 Å². The second-order valence-corrected chi connectivity index (χ2v) is 4.54. The molecule has 0 radical (unpaired) electrons. The van der Waals surface area contributed by atoms with Gasteiger partial charge in [0.15, 0.2) is 0 Å². The second-order valence-electron chi connectivity index (χ2n) is 3.51. The molecular weight excluding hydrogens is 272 g/mol. The van der Waals surface area contributed by atoms with Crippen molar-refractivity contribution in [3.63, 3.8) is 0 Å². The molecule has 0 spiro atoms. The van der Waals surface area contributed by atoms with Crippen molar-refractivity contribution in [3.8, 4) is 5.88 Å². The summed E-state index contributed by atoms with van der Waals surface area (Å²) >= 11 is 0.992. The van der Waals surface area contributed by atoms with Gasteiger partial charge in [-0.05, 0) is 19.1 Å². The van der Waals surface area contributed by atoms with Crippen molar-refractivity contribution >= 4 is 17.4 Å². The van der Waals surface area contributed by atoms with Crippen LogP contribution < -0.4 is 10.5 Å². The first kappa shape index (κ1) is 13.5. The molecule has 0 atom stereocenters. The number of aromatic nitrogens is 2. The van der Waals surface area contributed by atoms with E-state index in [0.29, 0.717) is 11.6 Å². The van der Waals surface area contributed by atoms with Crippen molar-refractivity contribution in [2.75, 3.05) is 12.3 Å². The molecule has 0 amide bonds. The van der Waals surface area contributed by atoms with Crippen molar-refractivity contribution in [1.82, 2.24) is 9.97 Å². The van der Waals surface area contributed by atoms with E-state index in [1.165, 1.54) is 18.5 Å². The van der Waals surface area contributed by atoms with E-state index in [2.05, 4.69) is 9.97 Å². The lowest BCUT2D eigenvalue weighted by molar-refractivity contribution is 0.327. The quantitative estimate of drug-likeness (QED) is 0.874. The van der Waals surface area contributed by atoms with Gasteiger partial charge >= 0.3 is 0 Å². The monoisotopic (exact) mass is 283 g/mol. The van der Waals surface area contributed by atoms with Gasteiger partial charge in [-0.2, -0.15) is 4.98 Å². The fraction of sp³-hybridized carbons (Fsp3) is 0.167. The van der Waals surface area contributed by atoms with Crippen LogP contribution in [0.1, 0.15) is 6.92 Å². The Bertz CT molecular complexity index is 595. The van der Waals surface area contributed by atoms with Gasteiger partial charge in [-0.25, -0.2) is 13.8 Å². The van der Waals surface area contributed by atoms with Crippen molar-refractivity contribution in [2.45, 2.75) is 16.8 Å². The normalized spacial score (nSPS) is 10.5. The van der Waals surface area contributed by atoms with Crippen molar-refractivity contribution < 1.29 is 13.5 Å². The van der Waals surface area contributed by atoms with Gasteiger partial charge in [0.2, 0.25) is 5.88 Å². The lowest BCUT2D eigenvalue weighted by atomic mass is 10.3. The topological polar surface area (TPSA) is 61.0 Å². The third-order valence-electron chi connectivity index (χ3n) is 2.19. The van der Waals surface area contributed by atoms with Gasteiger partial charge in [-0.1, -0.05) is 11.8 Å². The third kappa shape index (κ3) is 3.11. The van der Waals surface area contributed by atoms with Crippen LogP contribution in [0.4, 0.5) is 14.5 Å². The first-order valence-electron chi connectivity index (χ1n) is 5.48. The number of anilines is 1. The number of nitrogens with zero attached hydrogens (tertiary/aromatic N) is 2. The van der Waals surface area contributed by atoms with E-state index in [9.17, 15) is 8.78 Å². The van der Waals surface area contributed by atoms with Crippen LogP contribution >= 0.6 is 11.8 Å². The standard InChI is InChI=1S/C12H11F2N3OS/c1-2-18-11-10(15)12(17-6-16-11)19-9-4-3-7(13)5-8(9)14/h3-6H,2,15H2,1H3. The zero-order valence-corrected chi connectivity index (χ0v) is 10.9. The average molecular weight is 283 g/mol. The Balaban J connectivity index is 2.30. The highest BCUT2D eigenvalue weighted by Crippen LogP contribution is 2.35. The minimum atomic E-state index is -0.666. The van der Waals surface area contributed by atoms with Crippen LogP contribution in [0, 0.1) is 11.6 Å². The van der Waals surface area contributed by atoms with Gasteiger partial charge in [-0.3, -0.25) is 0 Å². The molecular formula is C12H11F2N3OS. The van der Waals surface area contributed by atoms with E-state index in [0.717, 1.165) is 17.8 Å². The van der Waals surface area contributed by atoms with E-state index in [-0.39, 0.29) is 16.5 Å². The molecule has 2 N–H and O–H groups in total. The number of nitrogens with two attached hydrogens (primary N) is 1. The SMILES string of the molecule is CCOc1ncnc(Sc2ccc(F)cc2F)c1N. The third-order valence-corrected chi connectivity index (χ3v) is 3.26. The van der Waals surface area contributed by atoms with E-state index >= 15 is 0 Å². The molecule has 0 saturated heterocycles. The van der Waals surface area contributed by atoms with Gasteiger partial charge < -0.3 is 10.5 Å². The van der Waals surface area contributed by atoms with Gasteiger partial charge in [-0.15, -0.1) is 0 Å². The van der Waals surface area contributed by atoms with E-state index in [1.807, 2.05) is 0 Å². The Morgan fingerprint density at radius 2 is 2.11 bits per heavy atom. The van der Waals surface area contributed by atoms with E-state index in [4.69, 9.17) is 10.5 Å². The summed E-state index contributed by atoms with van der Waals surface area (Å²) in [5, 5.41) is 0.365. The molecule has 19 heavy (non-hydrogen) atoms. The van der Waals surface area contributed by atoms with Crippen LogP contribution in [0.15, 0.2) is 34.4 Å². The summed E-state index contributed by atoms with van der Waals surface area (Å²) < 4.78 is 31.6. The zero-order valence-electron chi connectivity index (χ0n) is 10.1. The molecule has 0 unspecified atom stereocenters. The Morgan fingerprint density at radius 1 is 1.32 bits per heavy atom. The van der Waals surface area contributed by atoms with Crippen LogP contribution in [-0.4, -0.2) is 16.6 Å². The van der Waals surface area contributed by atoms with Crippen molar-refractivity contribution in [3.05, 3.63) is 36.2 Å². The zero-order chi connectivity index (χ0) is 13.8. The van der Waals surface area contributed by atoms with Crippen LogP contribution in [-0.2, 0) is 0 Å². The van der Waals surface area contributed by atoms with Crippen LogP contribution in [0.5, 0.6) is 5.88 Å². The Labute approximate surface area is 113 Å². The smallest absolute Gasteiger partial charge is 0.241 e. The Morgan fingerprint density at radius 3 is 2.79 bits per heavy atom. The molecule has 0 aliphatic carbocycles. The Hall–Kier alpha value is -1.89. The molecule has 2 aromatic rings. The molecule has 0 fully saturated rings. The second kappa shape index (κ2) is 5.83. The van der Waals surface area contributed by atoms with E-state index < -0.39 is 11.6 Å². The summed E-state index contributed by atoms with van der Waals surface area (Å²) in [6.45, 7) is 2.21. The van der Waals surface area contributed by atoms with Crippen molar-refractivity contribution in [1.29, 1.82) is 0 Å². The number of hydrogen-bond acceptors (Lipinski definition) is 5. The highest BCUT2D eigenvalue weighted by molar-refractivity contribution is 7.99. The maximum absolute atomic E-state index is 13.5. The minimum Gasteiger partial charge on any atom is -0.476 e. The van der Waals surface area contributed by atoms with E-state index in [1.54, 1.807) is 6.92 Å². The number of benzene rings is 1. The fourth-order valence-electron chi connectivity index (χ4n) is 1.36. The maximum atomic E-state index is 13.5. The molecule has 0 aliphatic rings. The summed E-state index contributed by atoms with van der Waals surface area (Å²) in [6, 6.07) is 3.31. The average Bonchev–Trinajstić information content (AvgIpc) is 2.37. The summed E-state index contributed by atoms with van der Waals surface area (Å²) in [4.78, 5) is 8.08. The largest absolute Gasteiger partial charge is 0.476 e. The highest BCUT2D eigenvalue weighted by Gasteiger charge is 2.13. The summed E-state index contributed by atoms with van der Waals surface area (Å²) in [5.74, 6) is -1.05. The predicted octanol–water partition coefficient (Wildman–Crippen LogP) is 2.89. The predicted molar refractivity (Wildman–Crippen MR) is 68.1 cm³/mol. The number of ether oxygens (including phenoxy) is 1. The summed E-state index contributed by atoms with van der Waals surface area (Å²) in [6.07, 6.45) is 1.28. The first-order chi connectivity index (χ1) is 9.11. The molecule has 1 heterocycles. The molecule has 0 saturated carbocycles. The highest BCUT2D eigenvalue weighted by atomic mass is 32.2. The Kier molecular flexibility index (Phi) is 4.16. The molecule has 0 bridgehead atoms. The summed E-state index contributed by atoms with van der Waals surface area (Å²) in [7, 11) is 0. The van der Waals surface area contributed by atoms with Crippen LogP contribution in [0.3, 0.4) is 0 Å². The number of hydrogen-bond donors (Lipinski definition) is 1. The number of halogens is 2. The molecule has 1 aromatic carbocycles. The lowest BCUT2D eigenvalue weighted by Crippen LogP contribution is -2.02. The number of nitrogen functional groups attached to an aromatic ring is 1. The van der Waals surface area contributed by atoms with Gasteiger partial charge in [0.05, 0.1) is 6.61 Å². The molecule has 7 heteroatoms. The molecule has 4 nitrogen and oxygen atoms in total. The van der Waals surface area contributed by atoms with Crippen LogP contribution in [0.2, 0.25) is 0 Å². The maximum Gasteiger partial charge on any atom is 0.241 e. The lowest BCUT2D eigenvalue weighted by Gasteiger charge is -2.09. The minimum absolute atomic E-state index is 0.231. The molecule has 100 valence electrons. The van der Waals surface area contributed by atoms with Gasteiger partial charge in [0.1, 0.15) is 28.7 Å². The first-order valence-corrected chi connectivity index (χ1v) is 6.29. The van der Waals surface area contributed by atoms with Crippen LogP contribution in [0.25, 0.3) is 0 Å². The number of rotatable bonds is 4. The molecule has 0 aliphatic heterocycles.